The minimum atomic E-state index is -0.449. The van der Waals surface area contributed by atoms with Crippen LogP contribution >= 0.6 is 11.3 Å². The number of ether oxygens (including phenoxy) is 1. The summed E-state index contributed by atoms with van der Waals surface area (Å²) in [6.07, 6.45) is 1.32. The number of esters is 1. The number of Topliss-reactive ketones (excluding diaryl/α,β-unsaturated/α-hetero) is 1. The van der Waals surface area contributed by atoms with E-state index >= 15 is 0 Å². The van der Waals surface area contributed by atoms with E-state index in [1.165, 1.54) is 30.6 Å². The van der Waals surface area contributed by atoms with Crippen molar-refractivity contribution >= 4 is 28.9 Å². The molecule has 0 atom stereocenters. The van der Waals surface area contributed by atoms with Gasteiger partial charge < -0.3 is 4.74 Å². The largest absolute Gasteiger partial charge is 0.469 e. The third kappa shape index (κ3) is 3.14. The lowest BCUT2D eigenvalue weighted by Crippen LogP contribution is -2.05. The maximum absolute atomic E-state index is 13.5. The molecule has 0 aliphatic heterocycles. The zero-order chi connectivity index (χ0) is 17.3. The van der Waals surface area contributed by atoms with Crippen LogP contribution < -0.4 is 0 Å². The van der Waals surface area contributed by atoms with Crippen LogP contribution in [0.1, 0.15) is 48.9 Å². The van der Waals surface area contributed by atoms with Crippen molar-refractivity contribution in [3.05, 3.63) is 56.5 Å². The summed E-state index contributed by atoms with van der Waals surface area (Å²) >= 11 is 1.28. The maximum atomic E-state index is 13.5. The van der Waals surface area contributed by atoms with E-state index in [-0.39, 0.29) is 24.4 Å². The van der Waals surface area contributed by atoms with Gasteiger partial charge in [0.25, 0.3) is 0 Å². The molecule has 0 spiro atoms. The Hall–Kier alpha value is -2.34. The predicted molar refractivity (Wildman–Crippen MR) is 87.1 cm³/mol. The second kappa shape index (κ2) is 6.65. The highest BCUT2D eigenvalue weighted by Crippen LogP contribution is 2.32. The van der Waals surface area contributed by atoms with Gasteiger partial charge in [-0.15, -0.1) is 11.3 Å². The summed E-state index contributed by atoms with van der Waals surface area (Å²) in [5, 5.41) is 0. The fourth-order valence-electron chi connectivity index (χ4n) is 2.76. The van der Waals surface area contributed by atoms with Crippen molar-refractivity contribution in [2.45, 2.75) is 25.7 Å². The van der Waals surface area contributed by atoms with E-state index in [0.29, 0.717) is 28.8 Å². The molecule has 6 heteroatoms. The maximum Gasteiger partial charge on any atom is 0.305 e. The van der Waals surface area contributed by atoms with E-state index in [1.807, 2.05) is 0 Å². The smallest absolute Gasteiger partial charge is 0.305 e. The van der Waals surface area contributed by atoms with Gasteiger partial charge in [0.2, 0.25) is 0 Å². The summed E-state index contributed by atoms with van der Waals surface area (Å²) in [7, 11) is 1.27. The van der Waals surface area contributed by atoms with Crippen molar-refractivity contribution in [2.75, 3.05) is 7.11 Å². The van der Waals surface area contributed by atoms with Crippen molar-refractivity contribution in [3.63, 3.8) is 0 Å². The van der Waals surface area contributed by atoms with Crippen LogP contribution in [0, 0.1) is 5.82 Å². The fourth-order valence-corrected chi connectivity index (χ4v) is 3.88. The minimum absolute atomic E-state index is 0.0138. The number of rotatable bonds is 4. The summed E-state index contributed by atoms with van der Waals surface area (Å²) in [5.41, 5.74) is 1.65. The van der Waals surface area contributed by atoms with Gasteiger partial charge in [-0.05, 0) is 36.6 Å². The Labute approximate surface area is 142 Å². The topological polar surface area (TPSA) is 60.4 Å². The number of carbonyl (C=O) groups is 3. The highest BCUT2D eigenvalue weighted by atomic mass is 32.1. The van der Waals surface area contributed by atoms with Gasteiger partial charge in [0.05, 0.1) is 18.4 Å². The molecule has 1 aromatic heterocycles. The molecule has 0 saturated heterocycles. The second-order valence-corrected chi connectivity index (χ2v) is 6.71. The van der Waals surface area contributed by atoms with Gasteiger partial charge >= 0.3 is 5.97 Å². The van der Waals surface area contributed by atoms with E-state index in [4.69, 9.17) is 0 Å². The third-order valence-electron chi connectivity index (χ3n) is 4.05. The standard InChI is InChI=1S/C18H15FO4S/c1-23-17(21)7-5-14(20)16-9-13-15(24-16)6-3-10-2-4-11(19)8-12(10)18(13)22/h2,4,8-9H,3,5-7H2,1H3. The van der Waals surface area contributed by atoms with Crippen molar-refractivity contribution < 1.29 is 23.5 Å². The van der Waals surface area contributed by atoms with E-state index in [9.17, 15) is 18.8 Å². The van der Waals surface area contributed by atoms with E-state index in [0.717, 1.165) is 10.4 Å². The fraction of sp³-hybridized carbons (Fsp3) is 0.278. The monoisotopic (exact) mass is 346 g/mol. The van der Waals surface area contributed by atoms with Crippen LogP contribution in [0.15, 0.2) is 24.3 Å². The number of aryl methyl sites for hydroxylation is 2. The molecule has 1 aliphatic carbocycles. The molecule has 0 amide bonds. The Balaban J connectivity index is 1.87. The molecule has 24 heavy (non-hydrogen) atoms. The molecule has 124 valence electrons. The second-order valence-electron chi connectivity index (χ2n) is 5.58. The summed E-state index contributed by atoms with van der Waals surface area (Å²) in [6, 6.07) is 5.82. The number of fused-ring (bicyclic) bond motifs is 2. The van der Waals surface area contributed by atoms with Crippen LogP contribution in [0.2, 0.25) is 0 Å². The first kappa shape index (κ1) is 16.5. The van der Waals surface area contributed by atoms with Crippen molar-refractivity contribution in [1.82, 2.24) is 0 Å². The first-order valence-electron chi connectivity index (χ1n) is 7.55. The number of hydrogen-bond donors (Lipinski definition) is 0. The Kier molecular flexibility index (Phi) is 4.57. The molecule has 0 fully saturated rings. The van der Waals surface area contributed by atoms with Crippen LogP contribution in [-0.2, 0) is 22.4 Å². The lowest BCUT2D eigenvalue weighted by molar-refractivity contribution is -0.140. The highest BCUT2D eigenvalue weighted by Gasteiger charge is 2.25. The van der Waals surface area contributed by atoms with Crippen molar-refractivity contribution in [2.24, 2.45) is 0 Å². The molecule has 0 N–H and O–H groups in total. The van der Waals surface area contributed by atoms with Gasteiger partial charge in [-0.1, -0.05) is 6.07 Å². The average molecular weight is 346 g/mol. The SMILES string of the molecule is COC(=O)CCC(=O)c1cc2c(s1)CCc1ccc(F)cc1C2=O. The molecule has 0 bridgehead atoms. The molecular weight excluding hydrogens is 331 g/mol. The van der Waals surface area contributed by atoms with Crippen molar-refractivity contribution in [1.29, 1.82) is 0 Å². The molecule has 3 rings (SSSR count). The third-order valence-corrected chi connectivity index (χ3v) is 5.29. The van der Waals surface area contributed by atoms with Crippen molar-refractivity contribution in [3.8, 4) is 0 Å². The van der Waals surface area contributed by atoms with Gasteiger partial charge in [-0.2, -0.15) is 0 Å². The summed E-state index contributed by atoms with van der Waals surface area (Å²) in [4.78, 5) is 37.3. The highest BCUT2D eigenvalue weighted by molar-refractivity contribution is 7.14. The molecule has 4 nitrogen and oxygen atoms in total. The van der Waals surface area contributed by atoms with E-state index in [1.54, 1.807) is 12.1 Å². The molecule has 1 aliphatic rings. The van der Waals surface area contributed by atoms with Crippen LogP contribution in [0.25, 0.3) is 0 Å². The first-order chi connectivity index (χ1) is 11.5. The number of ketones is 2. The van der Waals surface area contributed by atoms with E-state index < -0.39 is 11.8 Å². The number of carbonyl (C=O) groups excluding carboxylic acids is 3. The van der Waals surface area contributed by atoms with Crippen LogP contribution in [0.4, 0.5) is 4.39 Å². The minimum Gasteiger partial charge on any atom is -0.469 e. The quantitative estimate of drug-likeness (QED) is 0.629. The van der Waals surface area contributed by atoms with Crippen LogP contribution in [0.5, 0.6) is 0 Å². The zero-order valence-electron chi connectivity index (χ0n) is 13.1. The lowest BCUT2D eigenvalue weighted by Gasteiger charge is -2.04. The Morgan fingerprint density at radius 3 is 2.71 bits per heavy atom. The molecule has 2 aromatic rings. The Morgan fingerprint density at radius 2 is 1.96 bits per heavy atom. The normalized spacial score (nSPS) is 13.0. The molecule has 1 heterocycles. The molecule has 0 radical (unpaired) electrons. The number of benzene rings is 1. The average Bonchev–Trinajstić information content (AvgIpc) is 2.97. The summed E-state index contributed by atoms with van der Waals surface area (Å²) in [5.74, 6) is -1.33. The Bertz CT molecular complexity index is 838. The number of halogens is 1. The first-order valence-corrected chi connectivity index (χ1v) is 8.37. The van der Waals surface area contributed by atoms with Gasteiger partial charge in [0, 0.05) is 22.4 Å². The summed E-state index contributed by atoms with van der Waals surface area (Å²) in [6.45, 7) is 0. The Morgan fingerprint density at radius 1 is 1.17 bits per heavy atom. The molecular formula is C18H15FO4S. The molecule has 0 saturated carbocycles. The van der Waals surface area contributed by atoms with Crippen LogP contribution in [-0.4, -0.2) is 24.6 Å². The van der Waals surface area contributed by atoms with Crippen LogP contribution in [0.3, 0.4) is 0 Å². The van der Waals surface area contributed by atoms with Gasteiger partial charge in [0.1, 0.15) is 5.82 Å². The number of thiophene rings is 1. The number of methoxy groups -OCH3 is 1. The zero-order valence-corrected chi connectivity index (χ0v) is 13.9. The lowest BCUT2D eigenvalue weighted by atomic mass is 10.00. The van der Waals surface area contributed by atoms with Gasteiger partial charge in [0.15, 0.2) is 11.6 Å². The van der Waals surface area contributed by atoms with Gasteiger partial charge in [-0.25, -0.2) is 4.39 Å². The molecule has 1 aromatic carbocycles. The van der Waals surface area contributed by atoms with E-state index in [2.05, 4.69) is 4.74 Å². The predicted octanol–water partition coefficient (Wildman–Crippen LogP) is 3.35. The number of hydrogen-bond acceptors (Lipinski definition) is 5. The molecule has 0 unspecified atom stereocenters. The summed E-state index contributed by atoms with van der Waals surface area (Å²) < 4.78 is 18.0. The van der Waals surface area contributed by atoms with Gasteiger partial charge in [-0.3, -0.25) is 14.4 Å².